The van der Waals surface area contributed by atoms with E-state index in [0.717, 1.165) is 83.3 Å². The Balaban J connectivity index is 1.02. The molecule has 1 aromatic rings. The molecular weight excluding hydrogens is 500 g/mol. The van der Waals surface area contributed by atoms with Gasteiger partial charge < -0.3 is 29.9 Å². The fraction of sp³-hybridized carbons (Fsp3) is 0.719. The zero-order chi connectivity index (χ0) is 27.6. The SMILES string of the molecule is CN1CCN(c2ccc(/C(C=NCCCN3CCC(N(CC4CCOC4)CC4CCOC4)CC3)=C/N)cc2)CC1. The summed E-state index contributed by atoms with van der Waals surface area (Å²) in [5.41, 5.74) is 9.39. The molecule has 8 heteroatoms. The molecule has 40 heavy (non-hydrogen) atoms. The molecule has 0 saturated carbocycles. The second kappa shape index (κ2) is 15.3. The number of piperidine rings is 1. The van der Waals surface area contributed by atoms with Crippen LogP contribution in [0.5, 0.6) is 0 Å². The standard InChI is InChI=1S/C32H52N6O2/c1-35-15-17-37(18-16-35)31-5-3-29(4-6-31)30(21-33)22-34-11-2-12-36-13-7-32(8-14-36)38(23-27-9-19-39-25-27)24-28-10-20-40-26-28/h3-6,21-22,27-28,32H,2,7-20,23-26,33H2,1H3/b30-21+,34-22?. The Kier molecular flexibility index (Phi) is 11.3. The number of likely N-dealkylation sites (N-methyl/N-ethyl adjacent to an activating group) is 1. The van der Waals surface area contributed by atoms with Gasteiger partial charge in [-0.15, -0.1) is 0 Å². The van der Waals surface area contributed by atoms with Crippen LogP contribution in [0.4, 0.5) is 5.69 Å². The predicted molar refractivity (Wildman–Crippen MR) is 165 cm³/mol. The average molecular weight is 553 g/mol. The van der Waals surface area contributed by atoms with Crippen LogP contribution in [-0.2, 0) is 9.47 Å². The Labute approximate surface area is 242 Å². The molecule has 4 saturated heterocycles. The molecule has 2 unspecified atom stereocenters. The van der Waals surface area contributed by atoms with Gasteiger partial charge in [0.25, 0.3) is 0 Å². The first kappa shape index (κ1) is 29.5. The molecule has 2 atom stereocenters. The number of nitrogens with zero attached hydrogens (tertiary/aromatic N) is 5. The summed E-state index contributed by atoms with van der Waals surface area (Å²) < 4.78 is 11.4. The largest absolute Gasteiger partial charge is 0.404 e. The van der Waals surface area contributed by atoms with E-state index in [4.69, 9.17) is 20.2 Å². The molecule has 5 rings (SSSR count). The van der Waals surface area contributed by atoms with Crippen molar-refractivity contribution in [1.82, 2.24) is 14.7 Å². The van der Waals surface area contributed by atoms with Crippen LogP contribution < -0.4 is 10.6 Å². The maximum atomic E-state index is 5.98. The van der Waals surface area contributed by atoms with Gasteiger partial charge in [-0.05, 0) is 88.3 Å². The van der Waals surface area contributed by atoms with E-state index in [9.17, 15) is 0 Å². The van der Waals surface area contributed by atoms with Gasteiger partial charge in [0.2, 0.25) is 0 Å². The molecule has 0 radical (unpaired) electrons. The predicted octanol–water partition coefficient (Wildman–Crippen LogP) is 3.04. The van der Waals surface area contributed by atoms with Crippen molar-refractivity contribution >= 4 is 17.5 Å². The third-order valence-corrected chi connectivity index (χ3v) is 9.35. The van der Waals surface area contributed by atoms with E-state index in [1.54, 1.807) is 6.20 Å². The first-order valence-corrected chi connectivity index (χ1v) is 15.8. The van der Waals surface area contributed by atoms with Gasteiger partial charge in [0.15, 0.2) is 0 Å². The average Bonchev–Trinajstić information content (AvgIpc) is 3.71. The van der Waals surface area contributed by atoms with Crippen LogP contribution in [0.15, 0.2) is 35.5 Å². The Morgan fingerprint density at radius 2 is 1.57 bits per heavy atom. The number of rotatable bonds is 12. The van der Waals surface area contributed by atoms with Crippen molar-refractivity contribution in [2.45, 2.75) is 38.1 Å². The number of piperazine rings is 1. The highest BCUT2D eigenvalue weighted by Crippen LogP contribution is 2.25. The highest BCUT2D eigenvalue weighted by atomic mass is 16.5. The van der Waals surface area contributed by atoms with Crippen molar-refractivity contribution < 1.29 is 9.47 Å². The van der Waals surface area contributed by atoms with Crippen LogP contribution in [-0.4, -0.2) is 126 Å². The molecule has 2 N–H and O–H groups in total. The van der Waals surface area contributed by atoms with Gasteiger partial charge in [0.05, 0.1) is 13.2 Å². The Hall–Kier alpha value is -1.97. The molecule has 4 heterocycles. The van der Waals surface area contributed by atoms with Crippen LogP contribution in [0.25, 0.3) is 5.57 Å². The lowest BCUT2D eigenvalue weighted by atomic mass is 9.98. The van der Waals surface area contributed by atoms with Crippen molar-refractivity contribution in [3.63, 3.8) is 0 Å². The normalized spacial score (nSPS) is 26.1. The quantitative estimate of drug-likeness (QED) is 0.316. The molecule has 8 nitrogen and oxygen atoms in total. The maximum absolute atomic E-state index is 5.98. The van der Waals surface area contributed by atoms with E-state index in [1.165, 1.54) is 57.5 Å². The van der Waals surface area contributed by atoms with Crippen molar-refractivity contribution in [3.8, 4) is 0 Å². The second-order valence-electron chi connectivity index (χ2n) is 12.3. The van der Waals surface area contributed by atoms with E-state index in [1.807, 2.05) is 6.21 Å². The summed E-state index contributed by atoms with van der Waals surface area (Å²) in [4.78, 5) is 15.0. The summed E-state index contributed by atoms with van der Waals surface area (Å²) in [6, 6.07) is 9.48. The molecule has 0 amide bonds. The fourth-order valence-corrected chi connectivity index (χ4v) is 6.69. The number of ether oxygens (including phenoxy) is 2. The summed E-state index contributed by atoms with van der Waals surface area (Å²) in [5.74, 6) is 1.42. The number of hydrogen-bond donors (Lipinski definition) is 1. The fourth-order valence-electron chi connectivity index (χ4n) is 6.69. The van der Waals surface area contributed by atoms with Crippen molar-refractivity contribution in [3.05, 3.63) is 36.0 Å². The lowest BCUT2D eigenvalue weighted by Crippen LogP contribution is -2.48. The van der Waals surface area contributed by atoms with Crippen molar-refractivity contribution in [2.75, 3.05) is 104 Å². The molecule has 0 aliphatic carbocycles. The second-order valence-corrected chi connectivity index (χ2v) is 12.3. The molecule has 0 spiro atoms. The minimum absolute atomic E-state index is 0.704. The number of aliphatic imine (C=N–C) groups is 1. The maximum Gasteiger partial charge on any atom is 0.0507 e. The highest BCUT2D eigenvalue weighted by molar-refractivity contribution is 6.09. The van der Waals surface area contributed by atoms with Gasteiger partial charge in [-0.2, -0.15) is 0 Å². The van der Waals surface area contributed by atoms with E-state index in [-0.39, 0.29) is 0 Å². The Morgan fingerprint density at radius 1 is 0.925 bits per heavy atom. The Bertz CT molecular complexity index is 907. The van der Waals surface area contributed by atoms with Crippen LogP contribution >= 0.6 is 0 Å². The minimum Gasteiger partial charge on any atom is -0.404 e. The molecule has 1 aromatic carbocycles. The summed E-state index contributed by atoms with van der Waals surface area (Å²) in [6.45, 7) is 14.9. The number of hydrogen-bond acceptors (Lipinski definition) is 8. The molecule has 0 bridgehead atoms. The molecule has 4 aliphatic rings. The topological polar surface area (TPSA) is 69.8 Å². The highest BCUT2D eigenvalue weighted by Gasteiger charge is 2.30. The van der Waals surface area contributed by atoms with E-state index < -0.39 is 0 Å². The molecule has 4 aliphatic heterocycles. The van der Waals surface area contributed by atoms with Crippen LogP contribution in [0.1, 0.15) is 37.7 Å². The summed E-state index contributed by atoms with van der Waals surface area (Å²) >= 11 is 0. The zero-order valence-corrected chi connectivity index (χ0v) is 24.8. The summed E-state index contributed by atoms with van der Waals surface area (Å²) in [7, 11) is 2.19. The molecule has 0 aromatic heterocycles. The third kappa shape index (κ3) is 8.52. The number of anilines is 1. The number of likely N-dealkylation sites (tertiary alicyclic amines) is 1. The van der Waals surface area contributed by atoms with Crippen LogP contribution in [0, 0.1) is 11.8 Å². The monoisotopic (exact) mass is 552 g/mol. The lowest BCUT2D eigenvalue weighted by molar-refractivity contribution is 0.0736. The van der Waals surface area contributed by atoms with Gasteiger partial charge >= 0.3 is 0 Å². The zero-order valence-electron chi connectivity index (χ0n) is 24.8. The number of nitrogens with two attached hydrogens (primary N) is 1. The van der Waals surface area contributed by atoms with Gasteiger partial charge in [0, 0.05) is 88.7 Å². The number of allylic oxidation sites excluding steroid dienone is 1. The number of benzene rings is 1. The smallest absolute Gasteiger partial charge is 0.0507 e. The Morgan fingerprint density at radius 3 is 2.15 bits per heavy atom. The first-order valence-electron chi connectivity index (χ1n) is 15.8. The van der Waals surface area contributed by atoms with E-state index in [2.05, 4.69) is 50.9 Å². The van der Waals surface area contributed by atoms with E-state index >= 15 is 0 Å². The van der Waals surface area contributed by atoms with Gasteiger partial charge in [-0.3, -0.25) is 9.89 Å². The van der Waals surface area contributed by atoms with Crippen LogP contribution in [0.2, 0.25) is 0 Å². The molecule has 4 fully saturated rings. The van der Waals surface area contributed by atoms with Gasteiger partial charge in [-0.1, -0.05) is 12.1 Å². The lowest BCUT2D eigenvalue weighted by Gasteiger charge is -2.40. The van der Waals surface area contributed by atoms with Crippen molar-refractivity contribution in [1.29, 1.82) is 0 Å². The van der Waals surface area contributed by atoms with Crippen LogP contribution in [0.3, 0.4) is 0 Å². The first-order chi connectivity index (χ1) is 19.7. The summed E-state index contributed by atoms with van der Waals surface area (Å²) in [5, 5.41) is 0. The van der Waals surface area contributed by atoms with E-state index in [0.29, 0.717) is 17.9 Å². The van der Waals surface area contributed by atoms with Crippen molar-refractivity contribution in [2.24, 2.45) is 22.6 Å². The summed E-state index contributed by atoms with van der Waals surface area (Å²) in [6.07, 6.45) is 9.71. The molecule has 222 valence electrons. The third-order valence-electron chi connectivity index (χ3n) is 9.35. The van der Waals surface area contributed by atoms with Gasteiger partial charge in [-0.25, -0.2) is 0 Å². The van der Waals surface area contributed by atoms with Gasteiger partial charge in [0.1, 0.15) is 0 Å². The minimum atomic E-state index is 0.704. The molecular formula is C32H52N6O2.